The molecule has 0 unspecified atom stereocenters. The Balaban J connectivity index is 2.05. The van der Waals surface area contributed by atoms with Crippen LogP contribution in [-0.2, 0) is 4.79 Å². The first kappa shape index (κ1) is 14.4. The number of rotatable bonds is 3. The molecule has 3 heteroatoms. The van der Waals surface area contributed by atoms with Crippen LogP contribution in [0.2, 0.25) is 5.02 Å². The van der Waals surface area contributed by atoms with Crippen LogP contribution in [0.3, 0.4) is 0 Å². The number of nitrogens with one attached hydrogen (secondary N) is 1. The summed E-state index contributed by atoms with van der Waals surface area (Å²) in [7, 11) is 0. The molecule has 0 aliphatic heterocycles. The van der Waals surface area contributed by atoms with Crippen molar-refractivity contribution in [1.82, 2.24) is 0 Å². The first-order chi connectivity index (χ1) is 9.54. The molecular formula is C17H16ClNO. The van der Waals surface area contributed by atoms with E-state index < -0.39 is 0 Å². The smallest absolute Gasteiger partial charge is 0.248 e. The van der Waals surface area contributed by atoms with E-state index in [4.69, 9.17) is 11.6 Å². The summed E-state index contributed by atoms with van der Waals surface area (Å²) in [6, 6.07) is 13.3. The molecule has 0 bridgehead atoms. The number of amides is 1. The third-order valence-electron chi connectivity index (χ3n) is 2.95. The Morgan fingerprint density at radius 1 is 1.10 bits per heavy atom. The Bertz CT molecular complexity index is 645. The van der Waals surface area contributed by atoms with Crippen LogP contribution in [0.1, 0.15) is 16.7 Å². The molecule has 0 saturated carbocycles. The number of hydrogen-bond donors (Lipinski definition) is 1. The fraction of sp³-hybridized carbons (Fsp3) is 0.118. The van der Waals surface area contributed by atoms with Crippen molar-refractivity contribution >= 4 is 29.3 Å². The zero-order valence-electron chi connectivity index (χ0n) is 11.5. The maximum atomic E-state index is 11.9. The van der Waals surface area contributed by atoms with Crippen LogP contribution in [0.5, 0.6) is 0 Å². The van der Waals surface area contributed by atoms with Gasteiger partial charge in [0, 0.05) is 16.8 Å². The molecule has 0 radical (unpaired) electrons. The van der Waals surface area contributed by atoms with Crippen LogP contribution in [0, 0.1) is 13.8 Å². The number of aryl methyl sites for hydroxylation is 2. The predicted octanol–water partition coefficient (Wildman–Crippen LogP) is 4.61. The predicted molar refractivity (Wildman–Crippen MR) is 85.0 cm³/mol. The second-order valence-electron chi connectivity index (χ2n) is 4.69. The summed E-state index contributed by atoms with van der Waals surface area (Å²) >= 11 is 5.81. The molecule has 1 amide bonds. The van der Waals surface area contributed by atoms with Crippen LogP contribution in [0.4, 0.5) is 5.69 Å². The first-order valence-corrected chi connectivity index (χ1v) is 6.74. The minimum absolute atomic E-state index is 0.145. The minimum Gasteiger partial charge on any atom is -0.322 e. The third-order valence-corrected chi connectivity index (χ3v) is 3.20. The van der Waals surface area contributed by atoms with Crippen LogP contribution < -0.4 is 5.32 Å². The van der Waals surface area contributed by atoms with Crippen molar-refractivity contribution in [1.29, 1.82) is 0 Å². The molecule has 0 aromatic heterocycles. The lowest BCUT2D eigenvalue weighted by atomic mass is 10.1. The molecule has 1 N–H and O–H groups in total. The Hall–Kier alpha value is -2.06. The second kappa shape index (κ2) is 6.40. The van der Waals surface area contributed by atoms with Crippen LogP contribution in [0.25, 0.3) is 6.08 Å². The van der Waals surface area contributed by atoms with Crippen LogP contribution in [-0.4, -0.2) is 5.91 Å². The third kappa shape index (κ3) is 3.97. The quantitative estimate of drug-likeness (QED) is 0.820. The molecule has 0 aliphatic rings. The van der Waals surface area contributed by atoms with Crippen LogP contribution >= 0.6 is 11.6 Å². The zero-order valence-corrected chi connectivity index (χ0v) is 12.2. The molecule has 2 aromatic carbocycles. The van der Waals surface area contributed by atoms with E-state index in [2.05, 4.69) is 5.32 Å². The summed E-state index contributed by atoms with van der Waals surface area (Å²) in [6.45, 7) is 3.97. The summed E-state index contributed by atoms with van der Waals surface area (Å²) in [5, 5.41) is 3.56. The number of anilines is 1. The van der Waals surface area contributed by atoms with Gasteiger partial charge in [-0.3, -0.25) is 4.79 Å². The van der Waals surface area contributed by atoms with Gasteiger partial charge in [-0.2, -0.15) is 0 Å². The average molecular weight is 286 g/mol. The molecule has 0 atom stereocenters. The molecule has 2 nitrogen and oxygen atoms in total. The molecule has 2 rings (SSSR count). The summed E-state index contributed by atoms with van der Waals surface area (Å²) in [5.41, 5.74) is 3.94. The fourth-order valence-electron chi connectivity index (χ4n) is 1.79. The van der Waals surface area contributed by atoms with Crippen molar-refractivity contribution in [2.24, 2.45) is 0 Å². The molecular weight excluding hydrogens is 270 g/mol. The lowest BCUT2D eigenvalue weighted by Crippen LogP contribution is -2.09. The van der Waals surface area contributed by atoms with E-state index in [0.717, 1.165) is 22.4 Å². The van der Waals surface area contributed by atoms with Gasteiger partial charge >= 0.3 is 0 Å². The maximum Gasteiger partial charge on any atom is 0.248 e. The fourth-order valence-corrected chi connectivity index (χ4v) is 1.92. The van der Waals surface area contributed by atoms with Gasteiger partial charge < -0.3 is 5.32 Å². The highest BCUT2D eigenvalue weighted by Gasteiger charge is 2.01. The number of carbonyl (C=O) groups is 1. The summed E-state index contributed by atoms with van der Waals surface area (Å²) < 4.78 is 0. The van der Waals surface area contributed by atoms with E-state index in [9.17, 15) is 4.79 Å². The first-order valence-electron chi connectivity index (χ1n) is 6.36. The Morgan fingerprint density at radius 3 is 2.50 bits per heavy atom. The van der Waals surface area contributed by atoms with Crippen molar-refractivity contribution in [2.45, 2.75) is 13.8 Å². The molecule has 2 aromatic rings. The van der Waals surface area contributed by atoms with E-state index in [1.54, 1.807) is 18.2 Å². The van der Waals surface area contributed by atoms with Gasteiger partial charge in [0.2, 0.25) is 5.91 Å². The van der Waals surface area contributed by atoms with Crippen molar-refractivity contribution < 1.29 is 4.79 Å². The molecule has 0 saturated heterocycles. The molecule has 0 spiro atoms. The highest BCUT2D eigenvalue weighted by atomic mass is 35.5. The summed E-state index contributed by atoms with van der Waals surface area (Å²) in [5.74, 6) is -0.145. The number of halogens is 1. The van der Waals surface area contributed by atoms with E-state index in [0.29, 0.717) is 5.02 Å². The van der Waals surface area contributed by atoms with E-state index in [-0.39, 0.29) is 5.91 Å². The van der Waals surface area contributed by atoms with Crippen molar-refractivity contribution in [3.05, 3.63) is 70.3 Å². The van der Waals surface area contributed by atoms with Crippen molar-refractivity contribution in [3.8, 4) is 0 Å². The molecule has 0 fully saturated rings. The van der Waals surface area contributed by atoms with Gasteiger partial charge in [0.1, 0.15) is 0 Å². The number of hydrogen-bond acceptors (Lipinski definition) is 1. The lowest BCUT2D eigenvalue weighted by molar-refractivity contribution is -0.111. The average Bonchev–Trinajstić information content (AvgIpc) is 2.42. The molecule has 20 heavy (non-hydrogen) atoms. The highest BCUT2D eigenvalue weighted by Crippen LogP contribution is 2.16. The van der Waals surface area contributed by atoms with Gasteiger partial charge in [0.25, 0.3) is 0 Å². The van der Waals surface area contributed by atoms with Crippen molar-refractivity contribution in [3.63, 3.8) is 0 Å². The number of carbonyl (C=O) groups excluding carboxylic acids is 1. The van der Waals surface area contributed by atoms with Gasteiger partial charge in [-0.05, 0) is 54.8 Å². The van der Waals surface area contributed by atoms with E-state index in [1.807, 2.05) is 44.2 Å². The highest BCUT2D eigenvalue weighted by molar-refractivity contribution is 6.30. The standard InChI is InChI=1S/C17H16ClNO/c1-12-3-4-13(2)16(11-12)19-17(20)10-7-14-5-8-15(18)9-6-14/h3-11H,1-2H3,(H,19,20). The monoisotopic (exact) mass is 285 g/mol. The van der Waals surface area contributed by atoms with Crippen molar-refractivity contribution in [2.75, 3.05) is 5.32 Å². The zero-order chi connectivity index (χ0) is 14.5. The van der Waals surface area contributed by atoms with Gasteiger partial charge in [-0.25, -0.2) is 0 Å². The normalized spacial score (nSPS) is 10.8. The summed E-state index contributed by atoms with van der Waals surface area (Å²) in [4.78, 5) is 11.9. The second-order valence-corrected chi connectivity index (χ2v) is 5.13. The molecule has 0 aliphatic carbocycles. The van der Waals surface area contributed by atoms with E-state index >= 15 is 0 Å². The van der Waals surface area contributed by atoms with E-state index in [1.165, 1.54) is 6.08 Å². The Labute approximate surface area is 124 Å². The summed E-state index contributed by atoms with van der Waals surface area (Å²) in [6.07, 6.45) is 3.28. The van der Waals surface area contributed by atoms with Gasteiger partial charge in [0.15, 0.2) is 0 Å². The lowest BCUT2D eigenvalue weighted by Gasteiger charge is -2.07. The molecule has 102 valence electrons. The van der Waals surface area contributed by atoms with Crippen LogP contribution in [0.15, 0.2) is 48.5 Å². The maximum absolute atomic E-state index is 11.9. The molecule has 0 heterocycles. The van der Waals surface area contributed by atoms with Gasteiger partial charge in [0.05, 0.1) is 0 Å². The minimum atomic E-state index is -0.145. The van der Waals surface area contributed by atoms with Gasteiger partial charge in [-0.15, -0.1) is 0 Å². The topological polar surface area (TPSA) is 29.1 Å². The van der Waals surface area contributed by atoms with Gasteiger partial charge in [-0.1, -0.05) is 35.9 Å². The Kier molecular flexibility index (Phi) is 4.59. The SMILES string of the molecule is Cc1ccc(C)c(NC(=O)C=Cc2ccc(Cl)cc2)c1. The largest absolute Gasteiger partial charge is 0.322 e. The Morgan fingerprint density at radius 2 is 1.80 bits per heavy atom. The number of benzene rings is 2.